The zero-order valence-corrected chi connectivity index (χ0v) is 10.6. The normalized spacial score (nSPS) is 11.0. The fourth-order valence-corrected chi connectivity index (χ4v) is 1.74. The molecule has 0 aliphatic heterocycles. The third kappa shape index (κ3) is 2.84. The molecule has 7 nitrogen and oxygen atoms in total. The first-order chi connectivity index (χ1) is 7.77. The van der Waals surface area contributed by atoms with Gasteiger partial charge in [-0.25, -0.2) is 4.98 Å². The maximum Gasteiger partial charge on any atom is 0.266 e. The van der Waals surface area contributed by atoms with Crippen molar-refractivity contribution in [3.63, 3.8) is 0 Å². The Morgan fingerprint density at radius 2 is 2.00 bits per heavy atom. The number of anilines is 2. The Balaban J connectivity index is 2.90. The van der Waals surface area contributed by atoms with Gasteiger partial charge in [-0.3, -0.25) is 9.59 Å². The maximum atomic E-state index is 11.9. The van der Waals surface area contributed by atoms with Crippen LogP contribution in [0.25, 0.3) is 0 Å². The molecule has 0 radical (unpaired) electrons. The molecule has 6 N–H and O–H groups in total. The minimum Gasteiger partial charge on any atom is -0.382 e. The molecule has 1 rings (SSSR count). The van der Waals surface area contributed by atoms with Crippen molar-refractivity contribution in [2.24, 2.45) is 5.73 Å². The molecule has 0 aliphatic rings. The Hall–Kier alpha value is -1.83. The van der Waals surface area contributed by atoms with Crippen LogP contribution in [0.2, 0.25) is 0 Å². The summed E-state index contributed by atoms with van der Waals surface area (Å²) in [5, 5.41) is 5.82. The summed E-state index contributed by atoms with van der Waals surface area (Å²) in [5.41, 5.74) is 9.62. The van der Waals surface area contributed by atoms with Crippen LogP contribution < -0.4 is 22.1 Å². The molecule has 0 atom stereocenters. The van der Waals surface area contributed by atoms with E-state index < -0.39 is 17.4 Å². The van der Waals surface area contributed by atoms with Gasteiger partial charge in [-0.2, -0.15) is 0 Å². The quantitative estimate of drug-likeness (QED) is 0.593. The standard InChI is InChI=1S/C9H15N5O2S/c1-9(2,7(11)16)14-6(15)4-5(10)13-8(12-3)17-4/h10H2,1-3H3,(H2,11,16)(H,12,13)(H,14,15). The molecule has 0 aromatic carbocycles. The lowest BCUT2D eigenvalue weighted by Gasteiger charge is -2.21. The largest absolute Gasteiger partial charge is 0.382 e. The molecule has 94 valence electrons. The summed E-state index contributed by atoms with van der Waals surface area (Å²) in [6, 6.07) is 0. The summed E-state index contributed by atoms with van der Waals surface area (Å²) in [4.78, 5) is 27.1. The Bertz CT molecular complexity index is 454. The molecule has 2 amide bonds. The summed E-state index contributed by atoms with van der Waals surface area (Å²) < 4.78 is 0. The second kappa shape index (κ2) is 4.58. The number of aromatic nitrogens is 1. The lowest BCUT2D eigenvalue weighted by molar-refractivity contribution is -0.122. The van der Waals surface area contributed by atoms with Gasteiger partial charge >= 0.3 is 0 Å². The van der Waals surface area contributed by atoms with Crippen LogP contribution in [0.1, 0.15) is 23.5 Å². The smallest absolute Gasteiger partial charge is 0.266 e. The molecule has 17 heavy (non-hydrogen) atoms. The maximum absolute atomic E-state index is 11.9. The first-order valence-corrected chi connectivity index (χ1v) is 5.66. The van der Waals surface area contributed by atoms with E-state index in [0.717, 1.165) is 11.3 Å². The van der Waals surface area contributed by atoms with Gasteiger partial charge in [0.1, 0.15) is 16.2 Å². The highest BCUT2D eigenvalue weighted by Gasteiger charge is 2.29. The van der Waals surface area contributed by atoms with E-state index in [1.165, 1.54) is 13.8 Å². The van der Waals surface area contributed by atoms with Crippen molar-refractivity contribution in [2.45, 2.75) is 19.4 Å². The fourth-order valence-electron chi connectivity index (χ4n) is 1.00. The minimum absolute atomic E-state index is 0.122. The van der Waals surface area contributed by atoms with Gasteiger partial charge < -0.3 is 22.1 Å². The van der Waals surface area contributed by atoms with Crippen LogP contribution in [0.3, 0.4) is 0 Å². The van der Waals surface area contributed by atoms with Crippen molar-refractivity contribution in [3.05, 3.63) is 4.88 Å². The van der Waals surface area contributed by atoms with Crippen molar-refractivity contribution in [2.75, 3.05) is 18.1 Å². The van der Waals surface area contributed by atoms with Gasteiger partial charge in [0.25, 0.3) is 5.91 Å². The van der Waals surface area contributed by atoms with Gasteiger partial charge in [-0.1, -0.05) is 11.3 Å². The highest BCUT2D eigenvalue weighted by molar-refractivity contribution is 7.18. The number of primary amides is 1. The zero-order valence-electron chi connectivity index (χ0n) is 9.83. The Kier molecular flexibility index (Phi) is 3.56. The molecule has 0 unspecified atom stereocenters. The van der Waals surface area contributed by atoms with E-state index in [2.05, 4.69) is 15.6 Å². The molecule has 0 spiro atoms. The zero-order chi connectivity index (χ0) is 13.2. The van der Waals surface area contributed by atoms with Gasteiger partial charge in [0.2, 0.25) is 5.91 Å². The first-order valence-electron chi connectivity index (χ1n) is 4.84. The second-order valence-corrected chi connectivity index (χ2v) is 4.93. The highest BCUT2D eigenvalue weighted by Crippen LogP contribution is 2.24. The molecule has 0 saturated heterocycles. The molecular weight excluding hydrogens is 242 g/mol. The van der Waals surface area contributed by atoms with E-state index in [0.29, 0.717) is 5.13 Å². The third-order valence-corrected chi connectivity index (χ3v) is 3.20. The average molecular weight is 257 g/mol. The summed E-state index contributed by atoms with van der Waals surface area (Å²) in [5.74, 6) is -0.967. The van der Waals surface area contributed by atoms with Crippen LogP contribution in [-0.2, 0) is 4.79 Å². The number of nitrogens with zero attached hydrogens (tertiary/aromatic N) is 1. The fraction of sp³-hybridized carbons (Fsp3) is 0.444. The molecule has 0 fully saturated rings. The average Bonchev–Trinajstić information content (AvgIpc) is 2.58. The molecule has 8 heteroatoms. The van der Waals surface area contributed by atoms with Crippen molar-refractivity contribution in [3.8, 4) is 0 Å². The molecule has 1 aromatic rings. The number of thiazole rings is 1. The second-order valence-electron chi connectivity index (χ2n) is 3.93. The van der Waals surface area contributed by atoms with Crippen molar-refractivity contribution >= 4 is 34.1 Å². The van der Waals surface area contributed by atoms with Crippen LogP contribution in [-0.4, -0.2) is 29.4 Å². The SMILES string of the molecule is CNc1nc(N)c(C(=O)NC(C)(C)C(N)=O)s1. The van der Waals surface area contributed by atoms with E-state index in [4.69, 9.17) is 11.5 Å². The third-order valence-electron chi connectivity index (χ3n) is 2.12. The van der Waals surface area contributed by atoms with Crippen LogP contribution in [0.4, 0.5) is 10.9 Å². The number of amides is 2. The number of carbonyl (C=O) groups is 2. The van der Waals surface area contributed by atoms with Gasteiger partial charge in [0.15, 0.2) is 5.13 Å². The molecular formula is C9H15N5O2S. The van der Waals surface area contributed by atoms with Gasteiger partial charge in [0, 0.05) is 7.05 Å². The lowest BCUT2D eigenvalue weighted by Crippen LogP contribution is -2.52. The monoisotopic (exact) mass is 257 g/mol. The predicted octanol–water partition coefficient (Wildman–Crippen LogP) is -0.239. The lowest BCUT2D eigenvalue weighted by atomic mass is 10.1. The molecule has 1 heterocycles. The molecule has 0 bridgehead atoms. The predicted molar refractivity (Wildman–Crippen MR) is 66.8 cm³/mol. The Labute approximate surface area is 103 Å². The minimum atomic E-state index is -1.13. The van der Waals surface area contributed by atoms with Crippen molar-refractivity contribution < 1.29 is 9.59 Å². The van der Waals surface area contributed by atoms with E-state index in [1.54, 1.807) is 7.05 Å². The molecule has 0 saturated carbocycles. The van der Waals surface area contributed by atoms with E-state index >= 15 is 0 Å². The summed E-state index contributed by atoms with van der Waals surface area (Å²) in [6.45, 7) is 3.03. The number of carbonyl (C=O) groups excluding carboxylic acids is 2. The first kappa shape index (κ1) is 13.2. The van der Waals surface area contributed by atoms with E-state index in [-0.39, 0.29) is 10.7 Å². The van der Waals surface area contributed by atoms with Gasteiger partial charge in [0.05, 0.1) is 0 Å². The summed E-state index contributed by atoms with van der Waals surface area (Å²) in [6.07, 6.45) is 0. The van der Waals surface area contributed by atoms with Crippen LogP contribution >= 0.6 is 11.3 Å². The van der Waals surface area contributed by atoms with Crippen LogP contribution in [0.5, 0.6) is 0 Å². The summed E-state index contributed by atoms with van der Waals surface area (Å²) >= 11 is 1.11. The van der Waals surface area contributed by atoms with Gasteiger partial charge in [-0.05, 0) is 13.8 Å². The van der Waals surface area contributed by atoms with Crippen LogP contribution in [0.15, 0.2) is 0 Å². The molecule has 1 aromatic heterocycles. The summed E-state index contributed by atoms with van der Waals surface area (Å²) in [7, 11) is 1.67. The van der Waals surface area contributed by atoms with E-state index in [9.17, 15) is 9.59 Å². The number of hydrogen-bond acceptors (Lipinski definition) is 6. The van der Waals surface area contributed by atoms with Crippen molar-refractivity contribution in [1.29, 1.82) is 0 Å². The number of nitrogens with one attached hydrogen (secondary N) is 2. The highest BCUT2D eigenvalue weighted by atomic mass is 32.1. The van der Waals surface area contributed by atoms with E-state index in [1.807, 2.05) is 0 Å². The number of nitrogens with two attached hydrogens (primary N) is 2. The topological polar surface area (TPSA) is 123 Å². The van der Waals surface area contributed by atoms with Gasteiger partial charge in [-0.15, -0.1) is 0 Å². The molecule has 0 aliphatic carbocycles. The Morgan fingerprint density at radius 1 is 1.41 bits per heavy atom. The Morgan fingerprint density at radius 3 is 2.41 bits per heavy atom. The van der Waals surface area contributed by atoms with Crippen LogP contribution in [0, 0.1) is 0 Å². The number of hydrogen-bond donors (Lipinski definition) is 4. The number of nitrogen functional groups attached to an aromatic ring is 1. The number of rotatable bonds is 4. The van der Waals surface area contributed by atoms with Crippen molar-refractivity contribution in [1.82, 2.24) is 10.3 Å².